The van der Waals surface area contributed by atoms with Crippen LogP contribution in [0, 0.1) is 10.1 Å². The Balaban J connectivity index is 3.30. The van der Waals surface area contributed by atoms with Crippen LogP contribution in [0.3, 0.4) is 0 Å². The number of nitrogens with two attached hydrogens (primary N) is 1. The van der Waals surface area contributed by atoms with Crippen molar-refractivity contribution < 1.29 is 21.8 Å². The van der Waals surface area contributed by atoms with Crippen LogP contribution < -0.4 is 5.14 Å². The van der Waals surface area contributed by atoms with Gasteiger partial charge >= 0.3 is 5.69 Å². The van der Waals surface area contributed by atoms with Crippen molar-refractivity contribution in [3.63, 3.8) is 0 Å². The molecule has 0 fully saturated rings. The fourth-order valence-electron chi connectivity index (χ4n) is 1.26. The van der Waals surface area contributed by atoms with E-state index in [-0.39, 0.29) is 5.02 Å². The van der Waals surface area contributed by atoms with Gasteiger partial charge < -0.3 is 0 Å². The van der Waals surface area contributed by atoms with E-state index < -0.39 is 46.9 Å². The molecule has 0 radical (unpaired) electrons. The van der Waals surface area contributed by atoms with Gasteiger partial charge in [-0.25, -0.2) is 22.0 Å². The third-order valence-corrected chi connectivity index (χ3v) is 5.18. The highest BCUT2D eigenvalue weighted by Crippen LogP contribution is 2.32. The molecule has 0 aliphatic carbocycles. The van der Waals surface area contributed by atoms with E-state index >= 15 is 0 Å². The first-order valence-corrected chi connectivity index (χ1v) is 8.45. The average molecular weight is 329 g/mol. The molecule has 0 amide bonds. The number of sulfonamides is 1. The van der Waals surface area contributed by atoms with Crippen LogP contribution in [0.5, 0.6) is 0 Å². The Morgan fingerprint density at radius 1 is 1.21 bits per heavy atom. The second-order valence-electron chi connectivity index (χ2n) is 3.53. The number of hydrogen-bond donors (Lipinski definition) is 1. The van der Waals surface area contributed by atoms with Crippen molar-refractivity contribution in [2.45, 2.75) is 4.90 Å². The largest absolute Gasteiger partial charge is 0.306 e. The second kappa shape index (κ2) is 5.41. The van der Waals surface area contributed by atoms with E-state index in [0.29, 0.717) is 0 Å². The molecule has 8 nitrogen and oxygen atoms in total. The molecule has 0 unspecified atom stereocenters. The molecule has 0 spiro atoms. The molecule has 0 bridgehead atoms. The van der Waals surface area contributed by atoms with E-state index in [4.69, 9.17) is 16.7 Å². The van der Waals surface area contributed by atoms with Crippen LogP contribution >= 0.6 is 11.6 Å². The van der Waals surface area contributed by atoms with Crippen molar-refractivity contribution in [2.24, 2.45) is 5.14 Å². The zero-order valence-electron chi connectivity index (χ0n) is 9.31. The van der Waals surface area contributed by atoms with Crippen LogP contribution in [0.4, 0.5) is 5.69 Å². The molecule has 0 saturated heterocycles. The van der Waals surface area contributed by atoms with Gasteiger partial charge in [0.2, 0.25) is 10.0 Å². The number of benzene rings is 1. The minimum atomic E-state index is -4.18. The van der Waals surface area contributed by atoms with Crippen LogP contribution in [0.15, 0.2) is 23.1 Å². The summed E-state index contributed by atoms with van der Waals surface area (Å²) in [6.07, 6.45) is 0. The van der Waals surface area contributed by atoms with E-state index in [2.05, 4.69) is 0 Å². The number of sulfone groups is 1. The van der Waals surface area contributed by atoms with E-state index in [0.717, 1.165) is 6.07 Å². The second-order valence-corrected chi connectivity index (χ2v) is 7.75. The lowest BCUT2D eigenvalue weighted by Gasteiger charge is -2.05. The third-order valence-electron chi connectivity index (χ3n) is 2.10. The SMILES string of the molecule is NS(=O)(=O)CCS(=O)(=O)c1cccc(Cl)c1[N+](=O)[O-]. The predicted molar refractivity (Wildman–Crippen MR) is 68.1 cm³/mol. The van der Waals surface area contributed by atoms with E-state index in [1.807, 2.05) is 0 Å². The Kier molecular flexibility index (Phi) is 4.50. The number of rotatable bonds is 5. The topological polar surface area (TPSA) is 137 Å². The molecule has 19 heavy (non-hydrogen) atoms. The minimum absolute atomic E-state index is 0.346. The van der Waals surface area contributed by atoms with Crippen molar-refractivity contribution in [1.82, 2.24) is 0 Å². The number of para-hydroxylation sites is 1. The molecule has 0 aliphatic rings. The molecule has 1 aromatic rings. The first-order valence-electron chi connectivity index (χ1n) is 4.71. The van der Waals surface area contributed by atoms with Crippen LogP contribution in [0.2, 0.25) is 5.02 Å². The van der Waals surface area contributed by atoms with Gasteiger partial charge in [-0.2, -0.15) is 0 Å². The molecule has 11 heteroatoms. The number of nitrogens with zero attached hydrogens (tertiary/aromatic N) is 1. The summed E-state index contributed by atoms with van der Waals surface area (Å²) in [5, 5.41) is 15.2. The number of hydrogen-bond acceptors (Lipinski definition) is 6. The summed E-state index contributed by atoms with van der Waals surface area (Å²) in [4.78, 5) is 9.23. The Morgan fingerprint density at radius 3 is 2.26 bits per heavy atom. The van der Waals surface area contributed by atoms with Crippen molar-refractivity contribution >= 4 is 37.1 Å². The van der Waals surface area contributed by atoms with E-state index in [1.54, 1.807) is 0 Å². The monoisotopic (exact) mass is 328 g/mol. The number of primary sulfonamides is 1. The molecule has 0 aliphatic heterocycles. The molecular formula is C8H9ClN2O6S2. The van der Waals surface area contributed by atoms with Crippen molar-refractivity contribution in [3.05, 3.63) is 33.3 Å². The van der Waals surface area contributed by atoms with Gasteiger partial charge in [-0.3, -0.25) is 10.1 Å². The lowest BCUT2D eigenvalue weighted by Crippen LogP contribution is -2.23. The van der Waals surface area contributed by atoms with E-state index in [1.165, 1.54) is 12.1 Å². The highest BCUT2D eigenvalue weighted by Gasteiger charge is 2.29. The number of nitro groups is 1. The summed E-state index contributed by atoms with van der Waals surface area (Å²) in [5.41, 5.74) is -0.779. The van der Waals surface area contributed by atoms with Gasteiger partial charge in [0, 0.05) is 0 Å². The fraction of sp³-hybridized carbons (Fsp3) is 0.250. The highest BCUT2D eigenvalue weighted by molar-refractivity contribution is 7.94. The smallest absolute Gasteiger partial charge is 0.258 e. The maximum atomic E-state index is 11.9. The maximum Gasteiger partial charge on any atom is 0.306 e. The minimum Gasteiger partial charge on any atom is -0.258 e. The molecule has 0 heterocycles. The predicted octanol–water partition coefficient (Wildman–Crippen LogP) is 0.310. The Labute approximate surface area is 114 Å². The van der Waals surface area contributed by atoms with Crippen LogP contribution in [-0.2, 0) is 19.9 Å². The van der Waals surface area contributed by atoms with Crippen molar-refractivity contribution in [1.29, 1.82) is 0 Å². The molecule has 0 atom stereocenters. The molecule has 1 rings (SSSR count). The van der Waals surface area contributed by atoms with Crippen molar-refractivity contribution in [3.8, 4) is 0 Å². The highest BCUT2D eigenvalue weighted by atomic mass is 35.5. The quantitative estimate of drug-likeness (QED) is 0.609. The molecule has 2 N–H and O–H groups in total. The summed E-state index contributed by atoms with van der Waals surface area (Å²) in [6, 6.07) is 3.38. The summed E-state index contributed by atoms with van der Waals surface area (Å²) in [6.45, 7) is 0. The lowest BCUT2D eigenvalue weighted by atomic mass is 10.3. The first kappa shape index (κ1) is 15.8. The van der Waals surface area contributed by atoms with Crippen LogP contribution in [0.1, 0.15) is 0 Å². The maximum absolute atomic E-state index is 11.9. The lowest BCUT2D eigenvalue weighted by molar-refractivity contribution is -0.387. The van der Waals surface area contributed by atoms with Gasteiger partial charge in [0.05, 0.1) is 16.4 Å². The average Bonchev–Trinajstić information content (AvgIpc) is 2.25. The van der Waals surface area contributed by atoms with Gasteiger partial charge in [0.1, 0.15) is 9.92 Å². The molecular weight excluding hydrogens is 320 g/mol. The van der Waals surface area contributed by atoms with Crippen LogP contribution in [0.25, 0.3) is 0 Å². The first-order chi connectivity index (χ1) is 8.54. The van der Waals surface area contributed by atoms with Gasteiger partial charge in [0.25, 0.3) is 0 Å². The summed E-state index contributed by atoms with van der Waals surface area (Å²) < 4.78 is 45.2. The zero-order chi connectivity index (χ0) is 14.8. The number of nitro benzene ring substituents is 1. The Bertz CT molecular complexity index is 713. The molecule has 0 saturated carbocycles. The number of halogens is 1. The van der Waals surface area contributed by atoms with Crippen LogP contribution in [-0.4, -0.2) is 33.3 Å². The summed E-state index contributed by atoms with van der Waals surface area (Å²) in [7, 11) is -8.17. The third kappa shape index (κ3) is 4.13. The van der Waals surface area contributed by atoms with Gasteiger partial charge in [0.15, 0.2) is 9.84 Å². The Morgan fingerprint density at radius 2 is 1.79 bits per heavy atom. The zero-order valence-corrected chi connectivity index (χ0v) is 11.7. The summed E-state index contributed by atoms with van der Waals surface area (Å²) >= 11 is 5.57. The summed E-state index contributed by atoms with van der Waals surface area (Å²) in [5.74, 6) is -1.69. The van der Waals surface area contributed by atoms with Crippen molar-refractivity contribution in [2.75, 3.05) is 11.5 Å². The fourth-order valence-corrected chi connectivity index (χ4v) is 4.35. The molecule has 106 valence electrons. The van der Waals surface area contributed by atoms with E-state index in [9.17, 15) is 26.9 Å². The molecule has 0 aromatic heterocycles. The van der Waals surface area contributed by atoms with Gasteiger partial charge in [-0.05, 0) is 12.1 Å². The van der Waals surface area contributed by atoms with Gasteiger partial charge in [-0.15, -0.1) is 0 Å². The standard InChI is InChI=1S/C8H9ClN2O6S2/c9-6-2-1-3-7(8(6)11(12)13)18(14,15)4-5-19(10,16)17/h1-3H,4-5H2,(H2,10,16,17). The Hall–Kier alpha value is -1.23. The normalized spacial score (nSPS) is 12.3. The molecule has 1 aromatic carbocycles. The van der Waals surface area contributed by atoms with Gasteiger partial charge in [-0.1, -0.05) is 17.7 Å².